The summed E-state index contributed by atoms with van der Waals surface area (Å²) in [6, 6.07) is 0. The number of allylic oxidation sites excluding steroid dienone is 1. The Morgan fingerprint density at radius 2 is 1.80 bits per heavy atom. The molecule has 0 spiro atoms. The number of carbonyl (C=O) groups is 2. The van der Waals surface area contributed by atoms with Gasteiger partial charge in [0.25, 0.3) is 0 Å². The van der Waals surface area contributed by atoms with Crippen molar-refractivity contribution in [1.82, 2.24) is 0 Å². The van der Waals surface area contributed by atoms with Gasteiger partial charge >= 0.3 is 11.9 Å². The maximum atomic E-state index is 11.2. The van der Waals surface area contributed by atoms with Gasteiger partial charge in [0.1, 0.15) is 0 Å². The first kappa shape index (κ1) is 11.8. The van der Waals surface area contributed by atoms with E-state index in [1.54, 1.807) is 32.9 Å². The summed E-state index contributed by atoms with van der Waals surface area (Å²) < 4.78 is 0. The summed E-state index contributed by atoms with van der Waals surface area (Å²) in [7, 11) is 0. The summed E-state index contributed by atoms with van der Waals surface area (Å²) in [5.41, 5.74) is -2.09. The van der Waals surface area contributed by atoms with Gasteiger partial charge in [-0.05, 0) is 26.2 Å². The number of rotatable bonds is 2. The van der Waals surface area contributed by atoms with Crippen LogP contribution in [0.5, 0.6) is 0 Å². The highest BCUT2D eigenvalue weighted by Gasteiger charge is 2.52. The minimum atomic E-state index is -1.09. The molecule has 3 unspecified atom stereocenters. The molecule has 3 atom stereocenters. The summed E-state index contributed by atoms with van der Waals surface area (Å²) in [4.78, 5) is 22.3. The van der Waals surface area contributed by atoms with Crippen LogP contribution in [0.3, 0.4) is 0 Å². The Hall–Kier alpha value is -1.32. The first-order valence-electron chi connectivity index (χ1n) is 4.89. The quantitative estimate of drug-likeness (QED) is 0.684. The molecule has 15 heavy (non-hydrogen) atoms. The van der Waals surface area contributed by atoms with Gasteiger partial charge in [0, 0.05) is 0 Å². The Labute approximate surface area is 88.6 Å². The third-order valence-corrected chi connectivity index (χ3v) is 3.81. The van der Waals surface area contributed by atoms with Crippen LogP contribution in [-0.4, -0.2) is 22.2 Å². The van der Waals surface area contributed by atoms with Gasteiger partial charge in [-0.15, -0.1) is 0 Å². The fourth-order valence-corrected chi connectivity index (χ4v) is 2.06. The van der Waals surface area contributed by atoms with Crippen LogP contribution in [0.2, 0.25) is 0 Å². The van der Waals surface area contributed by atoms with Crippen molar-refractivity contribution >= 4 is 11.9 Å². The van der Waals surface area contributed by atoms with Crippen LogP contribution in [-0.2, 0) is 9.59 Å². The molecule has 0 saturated heterocycles. The maximum Gasteiger partial charge on any atom is 0.313 e. The van der Waals surface area contributed by atoms with Gasteiger partial charge in [0.15, 0.2) is 0 Å². The molecular weight excluding hydrogens is 196 g/mol. The van der Waals surface area contributed by atoms with Crippen LogP contribution in [0.1, 0.15) is 27.2 Å². The second-order valence-electron chi connectivity index (χ2n) is 4.64. The molecule has 0 bridgehead atoms. The van der Waals surface area contributed by atoms with E-state index in [2.05, 4.69) is 0 Å². The van der Waals surface area contributed by atoms with Crippen molar-refractivity contribution in [3.63, 3.8) is 0 Å². The lowest BCUT2D eigenvalue weighted by molar-refractivity contribution is -0.160. The van der Waals surface area contributed by atoms with E-state index in [0.29, 0.717) is 6.42 Å². The molecule has 1 aliphatic carbocycles. The zero-order chi connectivity index (χ0) is 11.9. The Balaban J connectivity index is 3.20. The fourth-order valence-electron chi connectivity index (χ4n) is 2.06. The standard InChI is InChI=1S/C11H16O4/c1-7-10(2,8(12)13)5-4-6-11(7,3)9(14)15/h4-5,7H,6H2,1-3H3,(H,12,13)(H,14,15). The van der Waals surface area contributed by atoms with Crippen LogP contribution >= 0.6 is 0 Å². The number of hydrogen-bond donors (Lipinski definition) is 2. The largest absolute Gasteiger partial charge is 0.481 e. The molecule has 0 fully saturated rings. The van der Waals surface area contributed by atoms with Crippen LogP contribution in [0.4, 0.5) is 0 Å². The number of carboxylic acid groups (broad SMARTS) is 2. The first-order chi connectivity index (χ1) is 6.75. The van der Waals surface area contributed by atoms with E-state index in [0.717, 1.165) is 0 Å². The number of aliphatic carboxylic acids is 2. The average Bonchev–Trinajstić information content (AvgIpc) is 2.13. The van der Waals surface area contributed by atoms with E-state index in [4.69, 9.17) is 10.2 Å². The van der Waals surface area contributed by atoms with Gasteiger partial charge in [0.2, 0.25) is 0 Å². The van der Waals surface area contributed by atoms with Crippen molar-refractivity contribution in [1.29, 1.82) is 0 Å². The molecule has 84 valence electrons. The molecule has 1 rings (SSSR count). The van der Waals surface area contributed by atoms with E-state index >= 15 is 0 Å². The Bertz CT molecular complexity index is 333. The smallest absolute Gasteiger partial charge is 0.313 e. The predicted molar refractivity (Wildman–Crippen MR) is 54.4 cm³/mol. The summed E-state index contributed by atoms with van der Waals surface area (Å²) in [5.74, 6) is -2.35. The molecule has 0 amide bonds. The zero-order valence-electron chi connectivity index (χ0n) is 9.15. The van der Waals surface area contributed by atoms with Crippen LogP contribution in [0.25, 0.3) is 0 Å². The lowest BCUT2D eigenvalue weighted by atomic mass is 9.59. The second-order valence-corrected chi connectivity index (χ2v) is 4.64. The molecule has 0 aromatic rings. The van der Waals surface area contributed by atoms with Gasteiger partial charge < -0.3 is 10.2 Å². The average molecular weight is 212 g/mol. The van der Waals surface area contributed by atoms with E-state index in [1.165, 1.54) is 0 Å². The minimum absolute atomic E-state index is 0.381. The SMILES string of the molecule is CC1C(C)(C(=O)O)C=CCC1(C)C(=O)O. The topological polar surface area (TPSA) is 74.6 Å². The van der Waals surface area contributed by atoms with Crippen molar-refractivity contribution < 1.29 is 19.8 Å². The van der Waals surface area contributed by atoms with Crippen LogP contribution in [0.15, 0.2) is 12.2 Å². The molecule has 4 heteroatoms. The summed E-state index contributed by atoms with van der Waals surface area (Å²) in [6.07, 6.45) is 3.64. The summed E-state index contributed by atoms with van der Waals surface area (Å²) in [6.45, 7) is 4.85. The molecule has 0 aromatic heterocycles. The van der Waals surface area contributed by atoms with Gasteiger partial charge in [-0.1, -0.05) is 19.1 Å². The highest BCUT2D eigenvalue weighted by molar-refractivity contribution is 5.81. The molecule has 0 saturated carbocycles. The molecule has 0 heterocycles. The van der Waals surface area contributed by atoms with Gasteiger partial charge in [-0.25, -0.2) is 0 Å². The second kappa shape index (κ2) is 3.36. The van der Waals surface area contributed by atoms with Crippen molar-refractivity contribution in [3.8, 4) is 0 Å². The molecule has 0 aliphatic heterocycles. The van der Waals surface area contributed by atoms with E-state index in [-0.39, 0.29) is 0 Å². The van der Waals surface area contributed by atoms with E-state index in [9.17, 15) is 9.59 Å². The van der Waals surface area contributed by atoms with E-state index < -0.39 is 28.7 Å². The lowest BCUT2D eigenvalue weighted by Crippen LogP contribution is -2.47. The highest BCUT2D eigenvalue weighted by Crippen LogP contribution is 2.47. The lowest BCUT2D eigenvalue weighted by Gasteiger charge is -2.42. The van der Waals surface area contributed by atoms with Gasteiger partial charge in [0.05, 0.1) is 10.8 Å². The summed E-state index contributed by atoms with van der Waals surface area (Å²) in [5, 5.41) is 18.3. The number of carboxylic acids is 2. The molecule has 0 aromatic carbocycles. The Morgan fingerprint density at radius 3 is 2.20 bits per heavy atom. The highest BCUT2D eigenvalue weighted by atomic mass is 16.4. The van der Waals surface area contributed by atoms with Crippen molar-refractivity contribution in [3.05, 3.63) is 12.2 Å². The number of hydrogen-bond acceptors (Lipinski definition) is 2. The Morgan fingerprint density at radius 1 is 1.27 bits per heavy atom. The third-order valence-electron chi connectivity index (χ3n) is 3.81. The molecule has 2 N–H and O–H groups in total. The zero-order valence-corrected chi connectivity index (χ0v) is 9.15. The fraction of sp³-hybridized carbons (Fsp3) is 0.636. The van der Waals surface area contributed by atoms with Crippen LogP contribution in [0, 0.1) is 16.7 Å². The Kier molecular flexibility index (Phi) is 2.63. The van der Waals surface area contributed by atoms with Gasteiger partial charge in [-0.3, -0.25) is 9.59 Å². The minimum Gasteiger partial charge on any atom is -0.481 e. The van der Waals surface area contributed by atoms with E-state index in [1.807, 2.05) is 0 Å². The van der Waals surface area contributed by atoms with Crippen molar-refractivity contribution in [2.45, 2.75) is 27.2 Å². The third kappa shape index (κ3) is 1.54. The predicted octanol–water partition coefficient (Wildman–Crippen LogP) is 1.76. The molecule has 0 radical (unpaired) electrons. The monoisotopic (exact) mass is 212 g/mol. The summed E-state index contributed by atoms with van der Waals surface area (Å²) >= 11 is 0. The first-order valence-corrected chi connectivity index (χ1v) is 4.89. The van der Waals surface area contributed by atoms with Crippen LogP contribution < -0.4 is 0 Å². The molecular formula is C11H16O4. The maximum absolute atomic E-state index is 11.2. The van der Waals surface area contributed by atoms with Gasteiger partial charge in [-0.2, -0.15) is 0 Å². The van der Waals surface area contributed by atoms with Crippen molar-refractivity contribution in [2.75, 3.05) is 0 Å². The normalized spacial score (nSPS) is 40.1. The molecule has 1 aliphatic rings. The van der Waals surface area contributed by atoms with Crippen molar-refractivity contribution in [2.24, 2.45) is 16.7 Å². The molecule has 4 nitrogen and oxygen atoms in total.